The molecule has 4 heterocycles. The van der Waals surface area contributed by atoms with Gasteiger partial charge in [-0.15, -0.1) is 15.3 Å². The van der Waals surface area contributed by atoms with Gasteiger partial charge in [-0.3, -0.25) is 4.90 Å². The molecule has 0 N–H and O–H groups in total. The minimum Gasteiger partial charge on any atom is -0.480 e. The first-order valence-electron chi connectivity index (χ1n) is 8.62. The standard InChI is InChI=1S/C16H22N8OS/c1-22(2)16-17-12(21-26-16)10-23-8-6-11(7-9-23)15-19-18-13-4-5-14(25-3)20-24(13)15/h4-5,11H,6-10H2,1-3H3. The molecule has 10 heteroatoms. The van der Waals surface area contributed by atoms with E-state index in [9.17, 15) is 0 Å². The largest absolute Gasteiger partial charge is 0.480 e. The van der Waals surface area contributed by atoms with E-state index in [2.05, 4.69) is 29.6 Å². The minimum atomic E-state index is 0.349. The zero-order valence-electron chi connectivity index (χ0n) is 15.2. The number of rotatable bonds is 5. The van der Waals surface area contributed by atoms with Crippen molar-refractivity contribution in [1.29, 1.82) is 0 Å². The van der Waals surface area contributed by atoms with Crippen molar-refractivity contribution >= 4 is 22.3 Å². The van der Waals surface area contributed by atoms with E-state index in [0.717, 1.165) is 54.9 Å². The maximum absolute atomic E-state index is 5.22. The quantitative estimate of drug-likeness (QED) is 0.663. The van der Waals surface area contributed by atoms with Crippen molar-refractivity contribution in [3.05, 3.63) is 23.8 Å². The van der Waals surface area contributed by atoms with E-state index in [1.165, 1.54) is 11.5 Å². The molecule has 26 heavy (non-hydrogen) atoms. The molecule has 4 rings (SSSR count). The van der Waals surface area contributed by atoms with Gasteiger partial charge in [-0.2, -0.15) is 8.89 Å². The van der Waals surface area contributed by atoms with E-state index in [-0.39, 0.29) is 0 Å². The highest BCUT2D eigenvalue weighted by Gasteiger charge is 2.26. The van der Waals surface area contributed by atoms with E-state index in [0.29, 0.717) is 11.8 Å². The SMILES string of the molecule is COc1ccc2nnc(C3CCN(Cc4nsc(N(C)C)n4)CC3)n2n1. The Morgan fingerprint density at radius 1 is 1.23 bits per heavy atom. The lowest BCUT2D eigenvalue weighted by atomic mass is 9.96. The maximum atomic E-state index is 5.22. The molecule has 1 fully saturated rings. The Balaban J connectivity index is 1.42. The van der Waals surface area contributed by atoms with Gasteiger partial charge < -0.3 is 9.64 Å². The van der Waals surface area contributed by atoms with Crippen LogP contribution >= 0.6 is 11.5 Å². The van der Waals surface area contributed by atoms with E-state index in [1.807, 2.05) is 29.6 Å². The summed E-state index contributed by atoms with van der Waals surface area (Å²) >= 11 is 1.45. The third kappa shape index (κ3) is 3.34. The number of piperidine rings is 1. The van der Waals surface area contributed by atoms with Crippen LogP contribution in [0.5, 0.6) is 5.88 Å². The van der Waals surface area contributed by atoms with Crippen molar-refractivity contribution < 1.29 is 4.74 Å². The number of aromatic nitrogens is 6. The van der Waals surface area contributed by atoms with Crippen LogP contribution in [0.1, 0.15) is 30.4 Å². The lowest BCUT2D eigenvalue weighted by Gasteiger charge is -2.30. The summed E-state index contributed by atoms with van der Waals surface area (Å²) in [6, 6.07) is 3.69. The molecule has 1 saturated heterocycles. The van der Waals surface area contributed by atoms with E-state index in [4.69, 9.17) is 4.74 Å². The molecule has 0 radical (unpaired) electrons. The van der Waals surface area contributed by atoms with Crippen LogP contribution in [0.15, 0.2) is 12.1 Å². The van der Waals surface area contributed by atoms with Crippen LogP contribution in [0, 0.1) is 0 Å². The van der Waals surface area contributed by atoms with Gasteiger partial charge in [0, 0.05) is 37.6 Å². The number of nitrogens with zero attached hydrogens (tertiary/aromatic N) is 8. The van der Waals surface area contributed by atoms with Crippen LogP contribution in [-0.2, 0) is 6.54 Å². The van der Waals surface area contributed by atoms with Gasteiger partial charge in [0.2, 0.25) is 11.0 Å². The highest BCUT2D eigenvalue weighted by atomic mass is 32.1. The van der Waals surface area contributed by atoms with Crippen molar-refractivity contribution in [2.45, 2.75) is 25.3 Å². The van der Waals surface area contributed by atoms with Gasteiger partial charge in [0.1, 0.15) is 0 Å². The highest BCUT2D eigenvalue weighted by Crippen LogP contribution is 2.28. The number of hydrogen-bond acceptors (Lipinski definition) is 9. The van der Waals surface area contributed by atoms with Crippen LogP contribution in [0.4, 0.5) is 5.13 Å². The first-order chi connectivity index (χ1) is 12.6. The molecule has 9 nitrogen and oxygen atoms in total. The second kappa shape index (κ2) is 7.12. The van der Waals surface area contributed by atoms with Crippen molar-refractivity contribution in [1.82, 2.24) is 34.1 Å². The zero-order chi connectivity index (χ0) is 18.1. The van der Waals surface area contributed by atoms with Crippen molar-refractivity contribution in [3.8, 4) is 5.88 Å². The molecule has 0 aromatic carbocycles. The summed E-state index contributed by atoms with van der Waals surface area (Å²) < 4.78 is 11.5. The second-order valence-corrected chi connectivity index (χ2v) is 7.37. The molecule has 1 aliphatic rings. The number of hydrogen-bond donors (Lipinski definition) is 0. The Morgan fingerprint density at radius 2 is 2.04 bits per heavy atom. The third-order valence-corrected chi connectivity index (χ3v) is 5.55. The Bertz CT molecular complexity index is 883. The number of likely N-dealkylation sites (tertiary alicyclic amines) is 1. The fourth-order valence-electron chi connectivity index (χ4n) is 3.19. The van der Waals surface area contributed by atoms with Gasteiger partial charge in [0.25, 0.3) is 0 Å². The van der Waals surface area contributed by atoms with Gasteiger partial charge in [-0.25, -0.2) is 4.98 Å². The molecule has 3 aromatic rings. The Morgan fingerprint density at radius 3 is 2.73 bits per heavy atom. The summed E-state index contributed by atoms with van der Waals surface area (Å²) in [5, 5.41) is 14.0. The fourth-order valence-corrected chi connectivity index (χ4v) is 3.79. The predicted molar refractivity (Wildman–Crippen MR) is 98.8 cm³/mol. The number of anilines is 1. The van der Waals surface area contributed by atoms with Crippen LogP contribution < -0.4 is 9.64 Å². The predicted octanol–water partition coefficient (Wildman–Crippen LogP) is 1.43. The van der Waals surface area contributed by atoms with E-state index < -0.39 is 0 Å². The van der Waals surface area contributed by atoms with Crippen molar-refractivity contribution in [2.75, 3.05) is 39.2 Å². The minimum absolute atomic E-state index is 0.349. The first kappa shape index (κ1) is 17.1. The third-order valence-electron chi connectivity index (χ3n) is 4.63. The second-order valence-electron chi connectivity index (χ2n) is 6.64. The van der Waals surface area contributed by atoms with E-state index in [1.54, 1.807) is 13.2 Å². The summed E-state index contributed by atoms with van der Waals surface area (Å²) in [6.07, 6.45) is 2.04. The lowest BCUT2D eigenvalue weighted by Crippen LogP contribution is -2.33. The summed E-state index contributed by atoms with van der Waals surface area (Å²) in [5.74, 6) is 2.74. The van der Waals surface area contributed by atoms with Gasteiger partial charge in [-0.05, 0) is 32.0 Å². The fraction of sp³-hybridized carbons (Fsp3) is 0.562. The maximum Gasteiger partial charge on any atom is 0.231 e. The van der Waals surface area contributed by atoms with Gasteiger partial charge >= 0.3 is 0 Å². The summed E-state index contributed by atoms with van der Waals surface area (Å²) in [5.41, 5.74) is 0.756. The number of fused-ring (bicyclic) bond motifs is 1. The van der Waals surface area contributed by atoms with E-state index >= 15 is 0 Å². The average Bonchev–Trinajstić information content (AvgIpc) is 3.29. The molecule has 138 valence electrons. The van der Waals surface area contributed by atoms with Crippen molar-refractivity contribution in [2.24, 2.45) is 0 Å². The molecular formula is C16H22N8OS. The molecule has 0 amide bonds. The van der Waals surface area contributed by atoms with Gasteiger partial charge in [0.15, 0.2) is 17.3 Å². The monoisotopic (exact) mass is 374 g/mol. The number of ether oxygens (including phenoxy) is 1. The molecule has 0 saturated carbocycles. The Kier molecular flexibility index (Phi) is 4.68. The summed E-state index contributed by atoms with van der Waals surface area (Å²) in [4.78, 5) is 8.96. The highest BCUT2D eigenvalue weighted by molar-refractivity contribution is 7.09. The topological polar surface area (TPSA) is 84.6 Å². The molecule has 0 unspecified atom stereocenters. The molecule has 3 aromatic heterocycles. The van der Waals surface area contributed by atoms with Gasteiger partial charge in [0.05, 0.1) is 13.7 Å². The van der Waals surface area contributed by atoms with Crippen LogP contribution in [0.2, 0.25) is 0 Å². The summed E-state index contributed by atoms with van der Waals surface area (Å²) in [6.45, 7) is 2.77. The average molecular weight is 374 g/mol. The van der Waals surface area contributed by atoms with Gasteiger partial charge in [-0.1, -0.05) is 0 Å². The molecule has 0 bridgehead atoms. The number of methoxy groups -OCH3 is 1. The molecule has 0 spiro atoms. The Hall–Kier alpha value is -2.33. The van der Waals surface area contributed by atoms with Crippen molar-refractivity contribution in [3.63, 3.8) is 0 Å². The first-order valence-corrected chi connectivity index (χ1v) is 9.40. The summed E-state index contributed by atoms with van der Waals surface area (Å²) in [7, 11) is 5.59. The molecular weight excluding hydrogens is 352 g/mol. The molecule has 0 atom stereocenters. The zero-order valence-corrected chi connectivity index (χ0v) is 16.0. The smallest absolute Gasteiger partial charge is 0.231 e. The lowest BCUT2D eigenvalue weighted by molar-refractivity contribution is 0.197. The molecule has 1 aliphatic heterocycles. The van der Waals surface area contributed by atoms with Crippen LogP contribution in [0.25, 0.3) is 5.65 Å². The van der Waals surface area contributed by atoms with Crippen LogP contribution in [0.3, 0.4) is 0 Å². The molecule has 0 aliphatic carbocycles. The van der Waals surface area contributed by atoms with Crippen LogP contribution in [-0.4, -0.2) is 68.4 Å². The Labute approximate surface area is 155 Å². The normalized spacial score (nSPS) is 16.3.